The van der Waals surface area contributed by atoms with Crippen LogP contribution in [0.4, 0.5) is 17.6 Å². The average molecular weight is 641 g/mol. The molecule has 2 aromatic rings. The number of thiocarbonyl (C=S) groups is 1. The number of nitrogens with zero attached hydrogens (tertiary/aromatic N) is 1. The zero-order valence-corrected chi connectivity index (χ0v) is 24.7. The van der Waals surface area contributed by atoms with Gasteiger partial charge in [-0.05, 0) is 92.1 Å². The summed E-state index contributed by atoms with van der Waals surface area (Å²) in [4.78, 5) is 40.0. The Balaban J connectivity index is 1.18. The average Bonchev–Trinajstić information content (AvgIpc) is 3.52. The Hall–Kier alpha value is -2.77. The smallest absolute Gasteiger partial charge is 0.419 e. The van der Waals surface area contributed by atoms with Crippen molar-refractivity contribution >= 4 is 63.5 Å². The summed E-state index contributed by atoms with van der Waals surface area (Å²) < 4.78 is 53.5. The third kappa shape index (κ3) is 6.73. The SMILES string of the molecule is O=C(O)C1CCC(NC(=O)C2CCC(N3C(=O)/C(=C/c4cc(-c5ccc(F)c(C(F)(F)F)c5)cs4)SC3=S)CC2)CC1. The van der Waals surface area contributed by atoms with Gasteiger partial charge in [0.2, 0.25) is 5.91 Å². The summed E-state index contributed by atoms with van der Waals surface area (Å²) in [7, 11) is 0. The third-order valence-corrected chi connectivity index (χ3v) is 10.4. The predicted molar refractivity (Wildman–Crippen MR) is 157 cm³/mol. The Morgan fingerprint density at radius 3 is 2.31 bits per heavy atom. The van der Waals surface area contributed by atoms with E-state index in [4.69, 9.17) is 17.3 Å². The molecule has 2 amide bonds. The highest BCUT2D eigenvalue weighted by atomic mass is 32.2. The molecule has 0 unspecified atom stereocenters. The van der Waals surface area contributed by atoms with Crippen molar-refractivity contribution < 1.29 is 37.1 Å². The van der Waals surface area contributed by atoms with Crippen LogP contribution >= 0.6 is 35.3 Å². The predicted octanol–water partition coefficient (Wildman–Crippen LogP) is 7.09. The summed E-state index contributed by atoms with van der Waals surface area (Å²) in [6.45, 7) is 0. The lowest BCUT2D eigenvalue weighted by Crippen LogP contribution is -2.45. The first-order chi connectivity index (χ1) is 19.9. The molecule has 13 heteroatoms. The van der Waals surface area contributed by atoms with E-state index in [2.05, 4.69) is 5.32 Å². The quantitative estimate of drug-likeness (QED) is 0.199. The molecule has 2 heterocycles. The van der Waals surface area contributed by atoms with E-state index in [0.29, 0.717) is 71.0 Å². The number of aliphatic carboxylic acids is 1. The minimum atomic E-state index is -4.81. The molecule has 0 spiro atoms. The Labute approximate surface area is 253 Å². The molecule has 0 bridgehead atoms. The van der Waals surface area contributed by atoms with Crippen LogP contribution < -0.4 is 5.32 Å². The van der Waals surface area contributed by atoms with Gasteiger partial charge in [-0.1, -0.05) is 30.0 Å². The van der Waals surface area contributed by atoms with Gasteiger partial charge in [-0.15, -0.1) is 11.3 Å². The maximum Gasteiger partial charge on any atom is 0.419 e. The van der Waals surface area contributed by atoms with Gasteiger partial charge in [0.05, 0.1) is 16.4 Å². The lowest BCUT2D eigenvalue weighted by Gasteiger charge is -2.34. The first-order valence-electron chi connectivity index (χ1n) is 13.7. The second kappa shape index (κ2) is 12.5. The fraction of sp³-hybridized carbons (Fsp3) is 0.448. The fourth-order valence-electron chi connectivity index (χ4n) is 5.83. The van der Waals surface area contributed by atoms with E-state index in [1.165, 1.54) is 29.2 Å². The van der Waals surface area contributed by atoms with Crippen LogP contribution in [0.25, 0.3) is 17.2 Å². The van der Waals surface area contributed by atoms with Gasteiger partial charge in [0.1, 0.15) is 10.1 Å². The monoisotopic (exact) mass is 640 g/mol. The number of nitrogens with one attached hydrogen (secondary N) is 1. The molecule has 0 atom stereocenters. The summed E-state index contributed by atoms with van der Waals surface area (Å²) in [6, 6.07) is 4.39. The number of rotatable bonds is 6. The maximum absolute atomic E-state index is 13.7. The van der Waals surface area contributed by atoms with Crippen LogP contribution in [0.5, 0.6) is 0 Å². The number of hydrogen-bond donors (Lipinski definition) is 2. The molecule has 2 aliphatic carbocycles. The number of carboxylic acids is 1. The zero-order valence-electron chi connectivity index (χ0n) is 22.3. The van der Waals surface area contributed by atoms with Crippen LogP contribution in [0.2, 0.25) is 0 Å². The Bertz CT molecular complexity index is 1420. The highest BCUT2D eigenvalue weighted by Gasteiger charge is 2.40. The Morgan fingerprint density at radius 1 is 1.00 bits per heavy atom. The van der Waals surface area contributed by atoms with Crippen molar-refractivity contribution in [1.29, 1.82) is 0 Å². The number of alkyl halides is 3. The van der Waals surface area contributed by atoms with Gasteiger partial charge >= 0.3 is 12.1 Å². The topological polar surface area (TPSA) is 86.7 Å². The number of thioether (sulfide) groups is 1. The molecule has 224 valence electrons. The van der Waals surface area contributed by atoms with Crippen molar-refractivity contribution in [3.05, 3.63) is 50.8 Å². The number of halogens is 4. The van der Waals surface area contributed by atoms with E-state index in [-0.39, 0.29) is 41.3 Å². The van der Waals surface area contributed by atoms with Crippen LogP contribution in [-0.4, -0.2) is 44.2 Å². The standard InChI is InChI=1S/C29H28F4N2O4S3/c30-23-10-5-17(12-22(23)29(31,32)33)18-11-21(41-14-18)13-24-26(37)35(28(40)42-24)20-8-3-15(4-9-20)25(36)34-19-6-1-16(2-7-19)27(38)39/h5,10-16,19-20H,1-4,6-9H2,(H,34,36)(H,38,39)/b24-13-. The van der Waals surface area contributed by atoms with Crippen molar-refractivity contribution in [2.24, 2.45) is 11.8 Å². The normalized spacial score (nSPS) is 26.1. The molecule has 3 aliphatic rings. The van der Waals surface area contributed by atoms with E-state index >= 15 is 0 Å². The second-order valence-corrected chi connectivity index (χ2v) is 13.5. The van der Waals surface area contributed by atoms with E-state index in [9.17, 15) is 31.9 Å². The van der Waals surface area contributed by atoms with Crippen LogP contribution in [0.1, 0.15) is 61.8 Å². The fourth-order valence-corrected chi connectivity index (χ4v) is 8.14. The van der Waals surface area contributed by atoms with Gasteiger partial charge in [-0.25, -0.2) is 4.39 Å². The number of benzene rings is 1. The molecule has 5 rings (SSSR count). The third-order valence-electron chi connectivity index (χ3n) is 8.18. The van der Waals surface area contributed by atoms with Crippen molar-refractivity contribution in [1.82, 2.24) is 10.2 Å². The number of hydrogen-bond acceptors (Lipinski definition) is 6. The number of carboxylic acid groups (broad SMARTS) is 1. The van der Waals surface area contributed by atoms with E-state index in [0.717, 1.165) is 12.1 Å². The molecular formula is C29H28F4N2O4S3. The number of thiophene rings is 1. The van der Waals surface area contributed by atoms with Crippen molar-refractivity contribution in [2.75, 3.05) is 0 Å². The highest BCUT2D eigenvalue weighted by molar-refractivity contribution is 8.26. The molecule has 0 radical (unpaired) electrons. The lowest BCUT2D eigenvalue weighted by atomic mass is 9.83. The highest BCUT2D eigenvalue weighted by Crippen LogP contribution is 2.40. The second-order valence-electron chi connectivity index (χ2n) is 10.9. The van der Waals surface area contributed by atoms with Gasteiger partial charge in [0.15, 0.2) is 0 Å². The maximum atomic E-state index is 13.7. The summed E-state index contributed by atoms with van der Waals surface area (Å²) in [5.41, 5.74) is -0.622. The molecule has 1 saturated heterocycles. The van der Waals surface area contributed by atoms with Crippen LogP contribution in [-0.2, 0) is 20.6 Å². The Kier molecular flexibility index (Phi) is 9.10. The summed E-state index contributed by atoms with van der Waals surface area (Å²) in [5.74, 6) is -2.87. The van der Waals surface area contributed by atoms with E-state index < -0.39 is 23.5 Å². The van der Waals surface area contributed by atoms with Gasteiger partial charge in [-0.3, -0.25) is 19.3 Å². The molecule has 3 fully saturated rings. The molecule has 42 heavy (non-hydrogen) atoms. The minimum Gasteiger partial charge on any atom is -0.481 e. The molecule has 6 nitrogen and oxygen atoms in total. The number of amides is 2. The first-order valence-corrected chi connectivity index (χ1v) is 15.8. The lowest BCUT2D eigenvalue weighted by molar-refractivity contribution is -0.143. The summed E-state index contributed by atoms with van der Waals surface area (Å²) in [6.07, 6.45) is 1.78. The molecule has 1 aliphatic heterocycles. The molecule has 2 saturated carbocycles. The summed E-state index contributed by atoms with van der Waals surface area (Å²) >= 11 is 7.95. The van der Waals surface area contributed by atoms with Gasteiger partial charge in [0.25, 0.3) is 5.91 Å². The minimum absolute atomic E-state index is 0.00447. The largest absolute Gasteiger partial charge is 0.481 e. The Morgan fingerprint density at radius 2 is 1.67 bits per heavy atom. The number of carbonyl (C=O) groups is 3. The van der Waals surface area contributed by atoms with Crippen LogP contribution in [0.3, 0.4) is 0 Å². The van der Waals surface area contributed by atoms with Crippen LogP contribution in [0, 0.1) is 17.7 Å². The van der Waals surface area contributed by atoms with E-state index in [1.807, 2.05) is 0 Å². The number of carbonyl (C=O) groups excluding carboxylic acids is 2. The zero-order chi connectivity index (χ0) is 30.2. The summed E-state index contributed by atoms with van der Waals surface area (Å²) in [5, 5.41) is 13.9. The first kappa shape index (κ1) is 30.7. The van der Waals surface area contributed by atoms with E-state index in [1.54, 1.807) is 22.4 Å². The molecule has 2 N–H and O–H groups in total. The van der Waals surface area contributed by atoms with Gasteiger partial charge in [-0.2, -0.15) is 13.2 Å². The van der Waals surface area contributed by atoms with Crippen molar-refractivity contribution in [3.63, 3.8) is 0 Å². The molecule has 1 aromatic carbocycles. The molecule has 1 aromatic heterocycles. The van der Waals surface area contributed by atoms with Gasteiger partial charge < -0.3 is 10.4 Å². The van der Waals surface area contributed by atoms with Crippen molar-refractivity contribution in [2.45, 2.75) is 69.6 Å². The van der Waals surface area contributed by atoms with Crippen LogP contribution in [0.15, 0.2) is 34.6 Å². The molecular weight excluding hydrogens is 613 g/mol. The van der Waals surface area contributed by atoms with Gasteiger partial charge in [0, 0.05) is 22.9 Å². The van der Waals surface area contributed by atoms with Crippen molar-refractivity contribution in [3.8, 4) is 11.1 Å².